The van der Waals surface area contributed by atoms with E-state index < -0.39 is 11.5 Å². The van der Waals surface area contributed by atoms with Crippen molar-refractivity contribution in [2.45, 2.75) is 46.6 Å². The predicted octanol–water partition coefficient (Wildman–Crippen LogP) is 3.75. The number of rotatable bonds is 4. The van der Waals surface area contributed by atoms with E-state index in [2.05, 4.69) is 6.07 Å². The molecule has 0 radical (unpaired) electrons. The van der Waals surface area contributed by atoms with Gasteiger partial charge in [-0.3, -0.25) is 9.59 Å². The lowest BCUT2D eigenvalue weighted by Crippen LogP contribution is -2.42. The Kier molecular flexibility index (Phi) is 4.49. The molecule has 1 N–H and O–H groups in total. The Labute approximate surface area is 154 Å². The first-order valence-corrected chi connectivity index (χ1v) is 8.96. The third-order valence-corrected chi connectivity index (χ3v) is 5.62. The van der Waals surface area contributed by atoms with Crippen LogP contribution in [0.1, 0.15) is 51.5 Å². The zero-order valence-corrected chi connectivity index (χ0v) is 16.0. The van der Waals surface area contributed by atoms with E-state index >= 15 is 0 Å². The summed E-state index contributed by atoms with van der Waals surface area (Å²) in [6.07, 6.45) is -0.246. The van der Waals surface area contributed by atoms with E-state index in [0.717, 1.165) is 22.3 Å². The van der Waals surface area contributed by atoms with Crippen LogP contribution in [0.2, 0.25) is 0 Å². The summed E-state index contributed by atoms with van der Waals surface area (Å²) in [4.78, 5) is 27.6. The van der Waals surface area contributed by atoms with Crippen LogP contribution in [-0.4, -0.2) is 23.3 Å². The summed E-state index contributed by atoms with van der Waals surface area (Å²) >= 11 is 0. The van der Waals surface area contributed by atoms with Crippen LogP contribution in [0.5, 0.6) is 0 Å². The van der Waals surface area contributed by atoms with Gasteiger partial charge in [0.05, 0.1) is 12.1 Å². The molecule has 0 bridgehead atoms. The highest BCUT2D eigenvalue weighted by Gasteiger charge is 2.50. The molecule has 0 saturated carbocycles. The monoisotopic (exact) mass is 351 g/mol. The molecule has 3 rings (SSSR count). The largest absolute Gasteiger partial charge is 0.375 e. The normalized spacial score (nSPS) is 19.0. The van der Waals surface area contributed by atoms with Crippen LogP contribution in [0.25, 0.3) is 0 Å². The molecule has 1 heterocycles. The van der Waals surface area contributed by atoms with Gasteiger partial charge in [-0.2, -0.15) is 0 Å². The zero-order valence-electron chi connectivity index (χ0n) is 16.0. The number of anilines is 1. The molecule has 0 unspecified atom stereocenters. The van der Waals surface area contributed by atoms with E-state index in [4.69, 9.17) is 0 Å². The highest BCUT2D eigenvalue weighted by Crippen LogP contribution is 2.43. The van der Waals surface area contributed by atoms with Gasteiger partial charge >= 0.3 is 0 Å². The van der Waals surface area contributed by atoms with Gasteiger partial charge in [0.15, 0.2) is 11.4 Å². The summed E-state index contributed by atoms with van der Waals surface area (Å²) < 4.78 is 0. The van der Waals surface area contributed by atoms with Crippen LogP contribution in [-0.2, 0) is 10.4 Å². The molecule has 4 nitrogen and oxygen atoms in total. The molecule has 0 fully saturated rings. The van der Waals surface area contributed by atoms with E-state index in [1.807, 2.05) is 46.8 Å². The third-order valence-electron chi connectivity index (χ3n) is 5.62. The molecule has 136 valence electrons. The first kappa shape index (κ1) is 18.3. The number of hydrogen-bond acceptors (Lipinski definition) is 3. The number of hydrogen-bond donors (Lipinski definition) is 1. The van der Waals surface area contributed by atoms with Crippen molar-refractivity contribution < 1.29 is 14.7 Å². The number of fused-ring (bicyclic) bond motifs is 1. The molecule has 4 heteroatoms. The second-order valence-electron chi connectivity index (χ2n) is 7.16. The zero-order chi connectivity index (χ0) is 19.2. The van der Waals surface area contributed by atoms with E-state index in [9.17, 15) is 14.7 Å². The van der Waals surface area contributed by atoms with Gasteiger partial charge in [0.25, 0.3) is 5.91 Å². The minimum Gasteiger partial charge on any atom is -0.375 e. The Morgan fingerprint density at radius 3 is 2.23 bits per heavy atom. The summed E-state index contributed by atoms with van der Waals surface area (Å²) in [5, 5.41) is 11.3. The second-order valence-corrected chi connectivity index (χ2v) is 7.16. The predicted molar refractivity (Wildman–Crippen MR) is 103 cm³/mol. The Balaban J connectivity index is 2.07. The van der Waals surface area contributed by atoms with Crippen LogP contribution in [0.15, 0.2) is 30.3 Å². The van der Waals surface area contributed by atoms with Gasteiger partial charge in [-0.05, 0) is 62.9 Å². The van der Waals surface area contributed by atoms with Crippen LogP contribution < -0.4 is 4.90 Å². The Bertz CT molecular complexity index is 890. The van der Waals surface area contributed by atoms with Gasteiger partial charge < -0.3 is 10.0 Å². The molecule has 1 amide bonds. The third kappa shape index (κ3) is 2.56. The Morgan fingerprint density at radius 2 is 1.65 bits per heavy atom. The second kappa shape index (κ2) is 6.36. The summed E-state index contributed by atoms with van der Waals surface area (Å²) in [7, 11) is 0. The van der Waals surface area contributed by atoms with Gasteiger partial charge in [-0.1, -0.05) is 24.3 Å². The van der Waals surface area contributed by atoms with E-state index in [0.29, 0.717) is 23.4 Å². The topological polar surface area (TPSA) is 57.6 Å². The Hall–Kier alpha value is -2.46. The highest BCUT2D eigenvalue weighted by atomic mass is 16.3. The minimum atomic E-state index is -1.81. The van der Waals surface area contributed by atoms with Gasteiger partial charge in [-0.15, -0.1) is 0 Å². The summed E-state index contributed by atoms with van der Waals surface area (Å²) in [5.41, 5.74) is 3.91. The average molecular weight is 351 g/mol. The number of amides is 1. The van der Waals surface area contributed by atoms with E-state index in [1.165, 1.54) is 0 Å². The lowest BCUT2D eigenvalue weighted by molar-refractivity contribution is -0.135. The number of para-hydroxylation sites is 1. The van der Waals surface area contributed by atoms with Crippen LogP contribution in [0, 0.1) is 27.7 Å². The number of likely N-dealkylation sites (N-methyl/N-ethyl adjacent to an activating group) is 1. The number of ketones is 1. The Morgan fingerprint density at radius 1 is 1.08 bits per heavy atom. The number of benzene rings is 2. The maximum absolute atomic E-state index is 13.2. The molecule has 1 aliphatic heterocycles. The van der Waals surface area contributed by atoms with Crippen molar-refractivity contribution in [3.63, 3.8) is 0 Å². The van der Waals surface area contributed by atoms with Crippen molar-refractivity contribution in [1.29, 1.82) is 0 Å². The van der Waals surface area contributed by atoms with E-state index in [1.54, 1.807) is 17.0 Å². The summed E-state index contributed by atoms with van der Waals surface area (Å²) in [6, 6.07) is 9.23. The molecule has 2 aromatic carbocycles. The lowest BCUT2D eigenvalue weighted by Gasteiger charge is -2.23. The van der Waals surface area contributed by atoms with Crippen LogP contribution >= 0.6 is 0 Å². The van der Waals surface area contributed by atoms with Gasteiger partial charge in [0, 0.05) is 17.7 Å². The van der Waals surface area contributed by atoms with Crippen molar-refractivity contribution in [2.24, 2.45) is 0 Å². The van der Waals surface area contributed by atoms with Gasteiger partial charge in [0.2, 0.25) is 0 Å². The maximum Gasteiger partial charge on any atom is 0.264 e. The van der Waals surface area contributed by atoms with Crippen molar-refractivity contribution in [3.8, 4) is 0 Å². The number of carbonyl (C=O) groups excluding carboxylic acids is 2. The van der Waals surface area contributed by atoms with Crippen molar-refractivity contribution in [3.05, 3.63) is 63.7 Å². The molecule has 0 saturated heterocycles. The number of nitrogens with zero attached hydrogens (tertiary/aromatic N) is 1. The number of aliphatic hydroxyl groups is 1. The lowest BCUT2D eigenvalue weighted by atomic mass is 9.84. The molecular weight excluding hydrogens is 326 g/mol. The molecule has 1 aliphatic rings. The first-order chi connectivity index (χ1) is 12.2. The average Bonchev–Trinajstić information content (AvgIpc) is 2.81. The fraction of sp³-hybridized carbons (Fsp3) is 0.364. The summed E-state index contributed by atoms with van der Waals surface area (Å²) in [5.74, 6) is -0.621. The highest BCUT2D eigenvalue weighted by molar-refractivity contribution is 6.11. The minimum absolute atomic E-state index is 0.199. The molecule has 0 spiro atoms. The standard InChI is InChI=1S/C22H25NO3/c1-6-23-18-10-8-7-9-17(18)22(26,21(23)25)12-19(24)20-15(4)13(2)11-14(3)16(20)5/h7-11,26H,6,12H2,1-5H3/t22-/m0/s1. The SMILES string of the molecule is CCN1C(=O)[C@](O)(CC(=O)c2c(C)c(C)cc(C)c2C)c2ccccc21. The molecular formula is C22H25NO3. The van der Waals surface area contributed by atoms with E-state index in [-0.39, 0.29) is 12.2 Å². The van der Waals surface area contributed by atoms with Gasteiger partial charge in [-0.25, -0.2) is 0 Å². The fourth-order valence-electron chi connectivity index (χ4n) is 3.95. The first-order valence-electron chi connectivity index (χ1n) is 8.96. The molecule has 0 aromatic heterocycles. The molecule has 2 aromatic rings. The molecule has 1 atom stereocenters. The molecule has 0 aliphatic carbocycles. The maximum atomic E-state index is 13.2. The number of carbonyl (C=O) groups is 2. The van der Waals surface area contributed by atoms with Crippen LogP contribution in [0.3, 0.4) is 0 Å². The van der Waals surface area contributed by atoms with Crippen LogP contribution in [0.4, 0.5) is 5.69 Å². The van der Waals surface area contributed by atoms with Gasteiger partial charge in [0.1, 0.15) is 0 Å². The smallest absolute Gasteiger partial charge is 0.264 e. The number of Topliss-reactive ketones (excluding diaryl/α,β-unsaturated/α-hetero) is 1. The summed E-state index contributed by atoms with van der Waals surface area (Å²) in [6.45, 7) is 10.1. The van der Waals surface area contributed by atoms with Crippen molar-refractivity contribution in [2.75, 3.05) is 11.4 Å². The quantitative estimate of drug-likeness (QED) is 0.854. The number of aryl methyl sites for hydroxylation is 2. The van der Waals surface area contributed by atoms with Crippen molar-refractivity contribution >= 4 is 17.4 Å². The molecule has 26 heavy (non-hydrogen) atoms. The van der Waals surface area contributed by atoms with Crippen molar-refractivity contribution in [1.82, 2.24) is 0 Å². The fourth-order valence-corrected chi connectivity index (χ4v) is 3.95.